The number of unbranched alkanes of at least 4 members (excludes halogenated alkanes) is 1. The molecule has 0 aliphatic heterocycles. The number of ether oxygens (including phenoxy) is 1. The lowest BCUT2D eigenvalue weighted by Crippen LogP contribution is -2.05. The van der Waals surface area contributed by atoms with E-state index in [0.717, 1.165) is 24.8 Å². The maximum Gasteiger partial charge on any atom is 0.315 e. The van der Waals surface area contributed by atoms with E-state index in [-0.39, 0.29) is 11.4 Å². The predicted octanol–water partition coefficient (Wildman–Crippen LogP) is 4.67. The maximum absolute atomic E-state index is 11.6. The van der Waals surface area contributed by atoms with Gasteiger partial charge in [-0.15, -0.1) is 6.58 Å². The number of rotatable bonds is 8. The van der Waals surface area contributed by atoms with Gasteiger partial charge in [0.05, 0.1) is 12.7 Å². The quantitative estimate of drug-likeness (QED) is 0.297. The van der Waals surface area contributed by atoms with E-state index in [4.69, 9.17) is 4.74 Å². The Morgan fingerprint density at radius 1 is 1.30 bits per heavy atom. The van der Waals surface area contributed by atoms with Crippen molar-refractivity contribution in [3.05, 3.63) is 60.9 Å². The number of hydrogen-bond donors (Lipinski definition) is 0. The molecule has 2 nitrogen and oxygen atoms in total. The minimum absolute atomic E-state index is 0.178. The third-order valence-electron chi connectivity index (χ3n) is 3.23. The fraction of sp³-hybridized carbons (Fsp3) is 0.389. The molecule has 0 N–H and O–H groups in total. The van der Waals surface area contributed by atoms with Crippen molar-refractivity contribution in [2.45, 2.75) is 39.5 Å². The molecule has 1 rings (SSSR count). The standard InChI is InChI=1S/C18H24O2/c1-4-18(2,3)13-9-6-10-14-20-17(19)15-16-11-7-5-8-12-16/h4-5,7-8,10-12,14H,1,6,9,13,15H2,2-3H3/b14-10+. The Hall–Kier alpha value is -1.83. The van der Waals surface area contributed by atoms with Gasteiger partial charge in [0.2, 0.25) is 0 Å². The lowest BCUT2D eigenvalue weighted by atomic mass is 9.87. The van der Waals surface area contributed by atoms with Gasteiger partial charge in [-0.05, 0) is 36.3 Å². The van der Waals surface area contributed by atoms with Gasteiger partial charge >= 0.3 is 5.97 Å². The maximum atomic E-state index is 11.6. The first-order valence-corrected chi connectivity index (χ1v) is 7.05. The topological polar surface area (TPSA) is 26.3 Å². The van der Waals surface area contributed by atoms with Crippen molar-refractivity contribution in [2.75, 3.05) is 0 Å². The molecule has 0 amide bonds. The highest BCUT2D eigenvalue weighted by atomic mass is 16.5. The average molecular weight is 272 g/mol. The van der Waals surface area contributed by atoms with E-state index in [1.807, 2.05) is 42.5 Å². The summed E-state index contributed by atoms with van der Waals surface area (Å²) in [6.07, 6.45) is 8.76. The van der Waals surface area contributed by atoms with E-state index in [0.29, 0.717) is 6.42 Å². The van der Waals surface area contributed by atoms with Crippen molar-refractivity contribution in [2.24, 2.45) is 5.41 Å². The lowest BCUT2D eigenvalue weighted by molar-refractivity contribution is -0.137. The summed E-state index contributed by atoms with van der Waals surface area (Å²) in [5.41, 5.74) is 1.15. The Bertz CT molecular complexity index is 444. The Morgan fingerprint density at radius 3 is 2.65 bits per heavy atom. The second-order valence-corrected chi connectivity index (χ2v) is 5.61. The Labute approximate surface area is 122 Å². The Balaban J connectivity index is 2.18. The van der Waals surface area contributed by atoms with Gasteiger partial charge in [0, 0.05) is 0 Å². The molecule has 108 valence electrons. The van der Waals surface area contributed by atoms with Crippen LogP contribution in [-0.2, 0) is 16.0 Å². The third-order valence-corrected chi connectivity index (χ3v) is 3.23. The Morgan fingerprint density at radius 2 is 2.00 bits per heavy atom. The molecule has 0 unspecified atom stereocenters. The molecule has 20 heavy (non-hydrogen) atoms. The predicted molar refractivity (Wildman–Crippen MR) is 83.2 cm³/mol. The van der Waals surface area contributed by atoms with Crippen LogP contribution >= 0.6 is 0 Å². The van der Waals surface area contributed by atoms with Gasteiger partial charge in [0.1, 0.15) is 0 Å². The number of allylic oxidation sites excluding steroid dienone is 2. The zero-order valence-electron chi connectivity index (χ0n) is 12.5. The number of carbonyl (C=O) groups excluding carboxylic acids is 1. The molecule has 0 radical (unpaired) electrons. The first-order valence-electron chi connectivity index (χ1n) is 7.05. The molecule has 0 aromatic heterocycles. The molecular weight excluding hydrogens is 248 g/mol. The molecule has 0 fully saturated rings. The average Bonchev–Trinajstić information content (AvgIpc) is 2.44. The van der Waals surface area contributed by atoms with E-state index in [9.17, 15) is 4.79 Å². The van der Waals surface area contributed by atoms with Crippen LogP contribution in [-0.4, -0.2) is 5.97 Å². The van der Waals surface area contributed by atoms with Crippen LogP contribution in [0.5, 0.6) is 0 Å². The summed E-state index contributed by atoms with van der Waals surface area (Å²) in [6, 6.07) is 9.60. The van der Waals surface area contributed by atoms with Crippen LogP contribution in [0.25, 0.3) is 0 Å². The zero-order valence-corrected chi connectivity index (χ0v) is 12.5. The zero-order chi connectivity index (χ0) is 14.8. The van der Waals surface area contributed by atoms with Crippen LogP contribution in [0, 0.1) is 5.41 Å². The summed E-state index contributed by atoms with van der Waals surface area (Å²) < 4.78 is 5.06. The van der Waals surface area contributed by atoms with E-state index >= 15 is 0 Å². The van der Waals surface area contributed by atoms with Crippen LogP contribution in [0.1, 0.15) is 38.7 Å². The van der Waals surface area contributed by atoms with Gasteiger partial charge in [-0.3, -0.25) is 4.79 Å². The molecule has 0 aliphatic rings. The second-order valence-electron chi connectivity index (χ2n) is 5.61. The summed E-state index contributed by atoms with van der Waals surface area (Å²) in [7, 11) is 0. The molecule has 0 saturated carbocycles. The van der Waals surface area contributed by atoms with Crippen molar-refractivity contribution >= 4 is 5.97 Å². The minimum Gasteiger partial charge on any atom is -0.435 e. The molecule has 0 atom stereocenters. The SMILES string of the molecule is C=CC(C)(C)CCC/C=C/OC(=O)Cc1ccccc1. The van der Waals surface area contributed by atoms with Gasteiger partial charge in [0.25, 0.3) is 0 Å². The van der Waals surface area contributed by atoms with Crippen molar-refractivity contribution in [1.82, 2.24) is 0 Å². The van der Waals surface area contributed by atoms with Crippen LogP contribution < -0.4 is 0 Å². The molecule has 1 aromatic carbocycles. The molecule has 0 bridgehead atoms. The number of carbonyl (C=O) groups is 1. The van der Waals surface area contributed by atoms with E-state index in [1.165, 1.54) is 6.26 Å². The van der Waals surface area contributed by atoms with Crippen LogP contribution in [0.15, 0.2) is 55.3 Å². The fourth-order valence-electron chi connectivity index (χ4n) is 1.77. The largest absolute Gasteiger partial charge is 0.435 e. The van der Waals surface area contributed by atoms with Crippen molar-refractivity contribution in [3.8, 4) is 0 Å². The third kappa shape index (κ3) is 6.93. The van der Waals surface area contributed by atoms with Crippen LogP contribution in [0.3, 0.4) is 0 Å². The highest BCUT2D eigenvalue weighted by Crippen LogP contribution is 2.23. The monoisotopic (exact) mass is 272 g/mol. The van der Waals surface area contributed by atoms with E-state index in [2.05, 4.69) is 20.4 Å². The Kier molecular flexibility index (Phi) is 6.78. The molecule has 1 aromatic rings. The van der Waals surface area contributed by atoms with Gasteiger partial charge < -0.3 is 4.74 Å². The highest BCUT2D eigenvalue weighted by molar-refractivity contribution is 5.73. The second kappa shape index (κ2) is 8.36. The van der Waals surface area contributed by atoms with Gasteiger partial charge in [0.15, 0.2) is 0 Å². The smallest absolute Gasteiger partial charge is 0.315 e. The summed E-state index contributed by atoms with van der Waals surface area (Å²) in [5, 5.41) is 0. The number of benzene rings is 1. The van der Waals surface area contributed by atoms with Crippen molar-refractivity contribution < 1.29 is 9.53 Å². The molecule has 2 heteroatoms. The van der Waals surface area contributed by atoms with Crippen molar-refractivity contribution in [3.63, 3.8) is 0 Å². The number of hydrogen-bond acceptors (Lipinski definition) is 2. The van der Waals surface area contributed by atoms with Crippen molar-refractivity contribution in [1.29, 1.82) is 0 Å². The lowest BCUT2D eigenvalue weighted by Gasteiger charge is -2.18. The molecule has 0 saturated heterocycles. The summed E-state index contributed by atoms with van der Waals surface area (Å²) in [4.78, 5) is 11.6. The molecular formula is C18H24O2. The minimum atomic E-state index is -0.223. The van der Waals surface area contributed by atoms with E-state index < -0.39 is 0 Å². The first kappa shape index (κ1) is 16.2. The van der Waals surface area contributed by atoms with Gasteiger partial charge in [-0.1, -0.05) is 50.3 Å². The highest BCUT2D eigenvalue weighted by Gasteiger charge is 2.10. The van der Waals surface area contributed by atoms with E-state index in [1.54, 1.807) is 0 Å². The molecule has 0 aliphatic carbocycles. The normalized spacial score (nSPS) is 11.5. The molecule has 0 spiro atoms. The fourth-order valence-corrected chi connectivity index (χ4v) is 1.77. The molecule has 0 heterocycles. The number of esters is 1. The first-order chi connectivity index (χ1) is 9.53. The summed E-state index contributed by atoms with van der Waals surface area (Å²) >= 11 is 0. The van der Waals surface area contributed by atoms with Gasteiger partial charge in [-0.2, -0.15) is 0 Å². The summed E-state index contributed by atoms with van der Waals surface area (Å²) in [5.74, 6) is -0.223. The van der Waals surface area contributed by atoms with Crippen LogP contribution in [0.2, 0.25) is 0 Å². The van der Waals surface area contributed by atoms with Crippen LogP contribution in [0.4, 0.5) is 0 Å². The van der Waals surface area contributed by atoms with Gasteiger partial charge in [-0.25, -0.2) is 0 Å². The summed E-state index contributed by atoms with van der Waals surface area (Å²) in [6.45, 7) is 8.16.